The van der Waals surface area contributed by atoms with Gasteiger partial charge in [0.25, 0.3) is 0 Å². The minimum atomic E-state index is -0.826. The van der Waals surface area contributed by atoms with Gasteiger partial charge in [0, 0.05) is 13.0 Å². The van der Waals surface area contributed by atoms with Crippen molar-refractivity contribution in [2.75, 3.05) is 13.2 Å². The third-order valence-corrected chi connectivity index (χ3v) is 4.49. The minimum absolute atomic E-state index is 0.259. The molecule has 3 nitrogen and oxygen atoms in total. The van der Waals surface area contributed by atoms with Crippen LogP contribution in [-0.2, 0) is 11.2 Å². The molecular formula is C20H34O3. The average molecular weight is 322 g/mol. The standard InChI is InChI=1S/C20H34O3/c1-3-5-6-8-11-17(4-2)16-23-20(19(22)15-21)14-18-12-9-7-10-13-18/h7,9-10,12-13,17,19-22H,3-6,8,11,14-16H2,1-2H3. The van der Waals surface area contributed by atoms with Crippen molar-refractivity contribution in [2.45, 2.75) is 71.0 Å². The highest BCUT2D eigenvalue weighted by Crippen LogP contribution is 2.17. The van der Waals surface area contributed by atoms with E-state index in [1.807, 2.05) is 30.3 Å². The van der Waals surface area contributed by atoms with E-state index in [4.69, 9.17) is 4.74 Å². The van der Waals surface area contributed by atoms with Crippen LogP contribution in [0.4, 0.5) is 0 Å². The minimum Gasteiger partial charge on any atom is -0.394 e. The molecule has 0 heterocycles. The molecule has 0 fully saturated rings. The first-order valence-corrected chi connectivity index (χ1v) is 9.15. The predicted octanol–water partition coefficient (Wildman–Crippen LogP) is 3.96. The van der Waals surface area contributed by atoms with E-state index in [0.717, 1.165) is 12.0 Å². The summed E-state index contributed by atoms with van der Waals surface area (Å²) in [6.45, 7) is 4.83. The van der Waals surface area contributed by atoms with E-state index in [2.05, 4.69) is 13.8 Å². The van der Waals surface area contributed by atoms with Crippen LogP contribution in [0.15, 0.2) is 30.3 Å². The van der Waals surface area contributed by atoms with Crippen molar-refractivity contribution in [2.24, 2.45) is 5.92 Å². The lowest BCUT2D eigenvalue weighted by molar-refractivity contribution is -0.0679. The number of aliphatic hydroxyl groups excluding tert-OH is 2. The number of ether oxygens (including phenoxy) is 1. The third-order valence-electron chi connectivity index (χ3n) is 4.49. The summed E-state index contributed by atoms with van der Waals surface area (Å²) in [4.78, 5) is 0. The van der Waals surface area contributed by atoms with Crippen molar-refractivity contribution in [3.63, 3.8) is 0 Å². The van der Waals surface area contributed by atoms with Crippen LogP contribution in [0.3, 0.4) is 0 Å². The smallest absolute Gasteiger partial charge is 0.103 e. The van der Waals surface area contributed by atoms with E-state index in [1.165, 1.54) is 32.1 Å². The van der Waals surface area contributed by atoms with Gasteiger partial charge in [0.15, 0.2) is 0 Å². The predicted molar refractivity (Wildman–Crippen MR) is 95.5 cm³/mol. The lowest BCUT2D eigenvalue weighted by atomic mass is 9.98. The second-order valence-corrected chi connectivity index (χ2v) is 6.44. The van der Waals surface area contributed by atoms with Crippen LogP contribution in [-0.4, -0.2) is 35.6 Å². The van der Waals surface area contributed by atoms with Gasteiger partial charge in [0.2, 0.25) is 0 Å². The Balaban J connectivity index is 2.45. The van der Waals surface area contributed by atoms with E-state index in [9.17, 15) is 10.2 Å². The van der Waals surface area contributed by atoms with Crippen molar-refractivity contribution < 1.29 is 14.9 Å². The number of hydrogen-bond donors (Lipinski definition) is 2. The van der Waals surface area contributed by atoms with Crippen LogP contribution in [0.5, 0.6) is 0 Å². The van der Waals surface area contributed by atoms with Gasteiger partial charge in [-0.25, -0.2) is 0 Å². The average Bonchev–Trinajstić information content (AvgIpc) is 2.60. The maximum Gasteiger partial charge on any atom is 0.103 e. The molecule has 0 aliphatic heterocycles. The Bertz CT molecular complexity index is 380. The van der Waals surface area contributed by atoms with Gasteiger partial charge in [-0.2, -0.15) is 0 Å². The largest absolute Gasteiger partial charge is 0.394 e. The quantitative estimate of drug-likeness (QED) is 0.540. The maximum absolute atomic E-state index is 10.0. The summed E-state index contributed by atoms with van der Waals surface area (Å²) in [6, 6.07) is 10.0. The summed E-state index contributed by atoms with van der Waals surface area (Å²) < 4.78 is 6.00. The van der Waals surface area contributed by atoms with Crippen LogP contribution in [0, 0.1) is 5.92 Å². The first-order valence-electron chi connectivity index (χ1n) is 9.15. The molecular weight excluding hydrogens is 288 g/mol. The highest BCUT2D eigenvalue weighted by molar-refractivity contribution is 5.15. The summed E-state index contributed by atoms with van der Waals surface area (Å²) in [7, 11) is 0. The molecule has 1 rings (SSSR count). The molecule has 1 aromatic rings. The molecule has 0 radical (unpaired) electrons. The van der Waals surface area contributed by atoms with Gasteiger partial charge in [-0.15, -0.1) is 0 Å². The summed E-state index contributed by atoms with van der Waals surface area (Å²) in [5.41, 5.74) is 1.13. The summed E-state index contributed by atoms with van der Waals surface area (Å²) in [5.74, 6) is 0.538. The second-order valence-electron chi connectivity index (χ2n) is 6.44. The molecule has 0 aliphatic carbocycles. The normalized spacial score (nSPS) is 15.3. The molecule has 3 unspecified atom stereocenters. The monoisotopic (exact) mass is 322 g/mol. The lowest BCUT2D eigenvalue weighted by Gasteiger charge is -2.25. The zero-order chi connectivity index (χ0) is 16.9. The van der Waals surface area contributed by atoms with Crippen LogP contribution in [0.2, 0.25) is 0 Å². The van der Waals surface area contributed by atoms with Crippen molar-refractivity contribution >= 4 is 0 Å². The molecule has 23 heavy (non-hydrogen) atoms. The van der Waals surface area contributed by atoms with E-state index in [1.54, 1.807) is 0 Å². The number of unbranched alkanes of at least 4 members (excludes halogenated alkanes) is 3. The third kappa shape index (κ3) is 8.50. The molecule has 0 aliphatic rings. The maximum atomic E-state index is 10.0. The van der Waals surface area contributed by atoms with Gasteiger partial charge in [-0.3, -0.25) is 0 Å². The Labute approximate surface area is 141 Å². The summed E-state index contributed by atoms with van der Waals surface area (Å²) >= 11 is 0. The molecule has 0 saturated heterocycles. The van der Waals surface area contributed by atoms with Gasteiger partial charge in [-0.1, -0.05) is 76.3 Å². The molecule has 2 N–H and O–H groups in total. The zero-order valence-corrected chi connectivity index (χ0v) is 14.8. The molecule has 0 bridgehead atoms. The number of benzene rings is 1. The lowest BCUT2D eigenvalue weighted by Crippen LogP contribution is -2.35. The van der Waals surface area contributed by atoms with Crippen LogP contribution < -0.4 is 0 Å². The molecule has 0 saturated carbocycles. The van der Waals surface area contributed by atoms with E-state index in [0.29, 0.717) is 18.9 Å². The van der Waals surface area contributed by atoms with Gasteiger partial charge < -0.3 is 14.9 Å². The Morgan fingerprint density at radius 2 is 1.78 bits per heavy atom. The molecule has 0 aromatic heterocycles. The van der Waals surface area contributed by atoms with Crippen LogP contribution >= 0.6 is 0 Å². The highest BCUT2D eigenvalue weighted by atomic mass is 16.5. The fourth-order valence-corrected chi connectivity index (χ4v) is 2.79. The molecule has 3 atom stereocenters. The fourth-order valence-electron chi connectivity index (χ4n) is 2.79. The highest BCUT2D eigenvalue weighted by Gasteiger charge is 2.21. The molecule has 0 spiro atoms. The van der Waals surface area contributed by atoms with Crippen molar-refractivity contribution in [3.05, 3.63) is 35.9 Å². The molecule has 1 aromatic carbocycles. The Hall–Kier alpha value is -0.900. The van der Waals surface area contributed by atoms with Crippen LogP contribution in [0.25, 0.3) is 0 Å². The van der Waals surface area contributed by atoms with E-state index < -0.39 is 6.10 Å². The Morgan fingerprint density at radius 1 is 1.04 bits per heavy atom. The molecule has 3 heteroatoms. The van der Waals surface area contributed by atoms with Crippen LogP contribution in [0.1, 0.15) is 57.9 Å². The first kappa shape index (κ1) is 20.1. The Morgan fingerprint density at radius 3 is 2.39 bits per heavy atom. The van der Waals surface area contributed by atoms with Gasteiger partial charge in [0.1, 0.15) is 6.10 Å². The number of aliphatic hydroxyl groups is 2. The van der Waals surface area contributed by atoms with Gasteiger partial charge in [0.05, 0.1) is 12.7 Å². The van der Waals surface area contributed by atoms with Crippen molar-refractivity contribution in [1.82, 2.24) is 0 Å². The molecule has 0 amide bonds. The zero-order valence-electron chi connectivity index (χ0n) is 14.8. The topological polar surface area (TPSA) is 49.7 Å². The Kier molecular flexibility index (Phi) is 11.0. The summed E-state index contributed by atoms with van der Waals surface area (Å²) in [6.07, 6.45) is 6.85. The van der Waals surface area contributed by atoms with Gasteiger partial charge in [-0.05, 0) is 17.9 Å². The molecule has 132 valence electrons. The van der Waals surface area contributed by atoms with E-state index >= 15 is 0 Å². The first-order chi connectivity index (χ1) is 11.2. The van der Waals surface area contributed by atoms with Gasteiger partial charge >= 0.3 is 0 Å². The second kappa shape index (κ2) is 12.5. The number of hydrogen-bond acceptors (Lipinski definition) is 3. The fraction of sp³-hybridized carbons (Fsp3) is 0.700. The van der Waals surface area contributed by atoms with Crippen molar-refractivity contribution in [1.29, 1.82) is 0 Å². The SMILES string of the molecule is CCCCCCC(CC)COC(Cc1ccccc1)C(O)CO. The number of rotatable bonds is 13. The van der Waals surface area contributed by atoms with Crippen molar-refractivity contribution in [3.8, 4) is 0 Å². The summed E-state index contributed by atoms with van der Waals surface area (Å²) in [5, 5.41) is 19.3. The van der Waals surface area contributed by atoms with E-state index in [-0.39, 0.29) is 12.7 Å².